The lowest BCUT2D eigenvalue weighted by Gasteiger charge is -2.20. The summed E-state index contributed by atoms with van der Waals surface area (Å²) in [4.78, 5) is 39.5. The number of hydrogen-bond donors (Lipinski definition) is 1. The molecule has 1 fully saturated rings. The van der Waals surface area contributed by atoms with E-state index in [2.05, 4.69) is 11.1 Å². The Balaban J connectivity index is 1.35. The molecule has 0 bridgehead atoms. The summed E-state index contributed by atoms with van der Waals surface area (Å²) in [5.74, 6) is 2.42. The number of aryl methyl sites for hydroxylation is 1. The van der Waals surface area contributed by atoms with Gasteiger partial charge in [-0.15, -0.1) is 0 Å². The molecule has 1 atom stereocenters. The SMILES string of the molecule is O=C(CCn1ccc(=O)[nH]c1=O)N1CCSC(c2ccc3c(c2)OCO3)CC1. The van der Waals surface area contributed by atoms with E-state index in [1.807, 2.05) is 28.8 Å². The number of amides is 1. The molecule has 0 aliphatic carbocycles. The number of rotatable bonds is 4. The summed E-state index contributed by atoms with van der Waals surface area (Å²) in [5.41, 5.74) is 0.254. The molecule has 2 aliphatic heterocycles. The third kappa shape index (κ3) is 4.09. The first-order valence-electron chi connectivity index (χ1n) is 9.19. The number of carbonyl (C=O) groups excluding carboxylic acids is 1. The van der Waals surface area contributed by atoms with Gasteiger partial charge < -0.3 is 18.9 Å². The molecule has 1 unspecified atom stereocenters. The number of ether oxygens (including phenoxy) is 2. The van der Waals surface area contributed by atoms with Crippen LogP contribution in [0.1, 0.15) is 23.7 Å². The Bertz CT molecular complexity index is 986. The number of H-pyrrole nitrogens is 1. The Kier molecular flexibility index (Phi) is 5.43. The molecular formula is C19H21N3O5S. The Morgan fingerprint density at radius 2 is 2.04 bits per heavy atom. The van der Waals surface area contributed by atoms with Gasteiger partial charge in [0.15, 0.2) is 11.5 Å². The first-order chi connectivity index (χ1) is 13.6. The van der Waals surface area contributed by atoms with Gasteiger partial charge in [-0.3, -0.25) is 14.6 Å². The molecule has 3 heterocycles. The molecule has 1 amide bonds. The zero-order valence-corrected chi connectivity index (χ0v) is 16.1. The van der Waals surface area contributed by atoms with Gasteiger partial charge in [0, 0.05) is 49.3 Å². The third-order valence-corrected chi connectivity index (χ3v) is 6.25. The van der Waals surface area contributed by atoms with Crippen LogP contribution < -0.4 is 20.7 Å². The van der Waals surface area contributed by atoms with Crippen molar-refractivity contribution in [1.82, 2.24) is 14.5 Å². The van der Waals surface area contributed by atoms with E-state index in [1.54, 1.807) is 0 Å². The Morgan fingerprint density at radius 3 is 2.89 bits per heavy atom. The number of aromatic amines is 1. The maximum atomic E-state index is 12.6. The Labute approximate surface area is 165 Å². The average molecular weight is 403 g/mol. The van der Waals surface area contributed by atoms with Crippen LogP contribution in [-0.4, -0.2) is 46.0 Å². The fourth-order valence-electron chi connectivity index (χ4n) is 3.39. The molecule has 2 aliphatic rings. The van der Waals surface area contributed by atoms with Crippen LogP contribution >= 0.6 is 11.8 Å². The quantitative estimate of drug-likeness (QED) is 0.829. The maximum absolute atomic E-state index is 12.6. The molecule has 148 valence electrons. The summed E-state index contributed by atoms with van der Waals surface area (Å²) in [6, 6.07) is 7.31. The third-order valence-electron chi connectivity index (χ3n) is 4.93. The van der Waals surface area contributed by atoms with Crippen molar-refractivity contribution < 1.29 is 14.3 Å². The van der Waals surface area contributed by atoms with Crippen molar-refractivity contribution >= 4 is 17.7 Å². The minimum Gasteiger partial charge on any atom is -0.454 e. The van der Waals surface area contributed by atoms with Crippen molar-refractivity contribution in [2.75, 3.05) is 25.6 Å². The van der Waals surface area contributed by atoms with E-state index < -0.39 is 11.2 Å². The van der Waals surface area contributed by atoms with E-state index in [1.165, 1.54) is 22.4 Å². The normalized spacial score (nSPS) is 18.7. The number of benzene rings is 1. The van der Waals surface area contributed by atoms with Gasteiger partial charge in [-0.2, -0.15) is 11.8 Å². The van der Waals surface area contributed by atoms with Gasteiger partial charge >= 0.3 is 5.69 Å². The molecule has 0 spiro atoms. The largest absolute Gasteiger partial charge is 0.454 e. The van der Waals surface area contributed by atoms with Crippen molar-refractivity contribution in [2.24, 2.45) is 0 Å². The molecule has 28 heavy (non-hydrogen) atoms. The summed E-state index contributed by atoms with van der Waals surface area (Å²) < 4.78 is 12.2. The smallest absolute Gasteiger partial charge is 0.328 e. The number of aromatic nitrogens is 2. The first-order valence-corrected chi connectivity index (χ1v) is 10.2. The van der Waals surface area contributed by atoms with Crippen LogP contribution in [0.4, 0.5) is 0 Å². The van der Waals surface area contributed by atoms with Crippen LogP contribution in [0.25, 0.3) is 0 Å². The first kappa shape index (κ1) is 18.7. The molecule has 1 N–H and O–H groups in total. The summed E-state index contributed by atoms with van der Waals surface area (Å²) in [5, 5.41) is 0.300. The molecule has 2 aromatic rings. The molecular weight excluding hydrogens is 382 g/mol. The second kappa shape index (κ2) is 8.14. The number of thioether (sulfide) groups is 1. The highest BCUT2D eigenvalue weighted by Gasteiger charge is 2.24. The van der Waals surface area contributed by atoms with Gasteiger partial charge in [0.05, 0.1) is 0 Å². The van der Waals surface area contributed by atoms with Crippen molar-refractivity contribution in [3.05, 3.63) is 56.9 Å². The predicted octanol–water partition coefficient (Wildman–Crippen LogP) is 1.36. The van der Waals surface area contributed by atoms with E-state index in [0.717, 1.165) is 23.7 Å². The lowest BCUT2D eigenvalue weighted by molar-refractivity contribution is -0.131. The van der Waals surface area contributed by atoms with E-state index in [0.29, 0.717) is 18.3 Å². The Hall–Kier alpha value is -2.68. The highest BCUT2D eigenvalue weighted by atomic mass is 32.2. The molecule has 0 saturated carbocycles. The molecule has 8 nitrogen and oxygen atoms in total. The molecule has 4 rings (SSSR count). The average Bonchev–Trinajstić information content (AvgIpc) is 3.01. The molecule has 1 aromatic carbocycles. The molecule has 1 saturated heterocycles. The fourth-order valence-corrected chi connectivity index (χ4v) is 4.62. The molecule has 9 heteroatoms. The Morgan fingerprint density at radius 1 is 1.18 bits per heavy atom. The lowest BCUT2D eigenvalue weighted by atomic mass is 10.1. The zero-order chi connectivity index (χ0) is 19.5. The van der Waals surface area contributed by atoms with Crippen LogP contribution in [0.2, 0.25) is 0 Å². The van der Waals surface area contributed by atoms with Crippen molar-refractivity contribution in [2.45, 2.75) is 24.6 Å². The zero-order valence-electron chi connectivity index (χ0n) is 15.3. The van der Waals surface area contributed by atoms with Gasteiger partial charge in [0.25, 0.3) is 5.56 Å². The highest BCUT2D eigenvalue weighted by Crippen LogP contribution is 2.40. The van der Waals surface area contributed by atoms with Crippen LogP contribution in [0.5, 0.6) is 11.5 Å². The van der Waals surface area contributed by atoms with Crippen LogP contribution in [0, 0.1) is 0 Å². The van der Waals surface area contributed by atoms with Gasteiger partial charge in [0.1, 0.15) is 0 Å². The predicted molar refractivity (Wildman–Crippen MR) is 105 cm³/mol. The number of fused-ring (bicyclic) bond motifs is 1. The van der Waals surface area contributed by atoms with Crippen molar-refractivity contribution in [3.63, 3.8) is 0 Å². The number of nitrogens with zero attached hydrogens (tertiary/aromatic N) is 2. The molecule has 0 radical (unpaired) electrons. The molecule has 1 aromatic heterocycles. The van der Waals surface area contributed by atoms with E-state index in [4.69, 9.17) is 9.47 Å². The van der Waals surface area contributed by atoms with Gasteiger partial charge in [-0.1, -0.05) is 6.07 Å². The number of nitrogens with one attached hydrogen (secondary N) is 1. The number of hydrogen-bond acceptors (Lipinski definition) is 6. The van der Waals surface area contributed by atoms with Crippen LogP contribution in [-0.2, 0) is 11.3 Å². The minimum atomic E-state index is -0.491. The van der Waals surface area contributed by atoms with Crippen LogP contribution in [0.15, 0.2) is 40.1 Å². The standard InChI is InChI=1S/C19H21N3O5S/c23-17-4-7-22(19(25)20-17)8-5-18(24)21-6-3-16(28-10-9-21)13-1-2-14-15(11-13)27-12-26-14/h1-2,4,7,11,16H,3,5-6,8-10,12H2,(H,20,23,25). The highest BCUT2D eigenvalue weighted by molar-refractivity contribution is 7.99. The summed E-state index contributed by atoms with van der Waals surface area (Å²) in [6.07, 6.45) is 2.50. The van der Waals surface area contributed by atoms with E-state index >= 15 is 0 Å². The van der Waals surface area contributed by atoms with Crippen molar-refractivity contribution in [3.8, 4) is 11.5 Å². The summed E-state index contributed by atoms with van der Waals surface area (Å²) in [7, 11) is 0. The van der Waals surface area contributed by atoms with E-state index in [9.17, 15) is 14.4 Å². The second-order valence-corrected chi connectivity index (χ2v) is 8.01. The van der Waals surface area contributed by atoms with E-state index in [-0.39, 0.29) is 25.7 Å². The van der Waals surface area contributed by atoms with Gasteiger partial charge in [-0.05, 0) is 24.1 Å². The topological polar surface area (TPSA) is 93.6 Å². The van der Waals surface area contributed by atoms with Crippen LogP contribution in [0.3, 0.4) is 0 Å². The van der Waals surface area contributed by atoms with Gasteiger partial charge in [0.2, 0.25) is 12.7 Å². The summed E-state index contributed by atoms with van der Waals surface area (Å²) >= 11 is 1.84. The number of carbonyl (C=O) groups is 1. The maximum Gasteiger partial charge on any atom is 0.328 e. The minimum absolute atomic E-state index is 0.0186. The second-order valence-electron chi connectivity index (χ2n) is 6.70. The fraction of sp³-hybridized carbons (Fsp3) is 0.421. The lowest BCUT2D eigenvalue weighted by Crippen LogP contribution is -2.35. The summed E-state index contributed by atoms with van der Waals surface area (Å²) in [6.45, 7) is 1.87. The monoisotopic (exact) mass is 403 g/mol. The van der Waals surface area contributed by atoms with Gasteiger partial charge in [-0.25, -0.2) is 4.79 Å². The van der Waals surface area contributed by atoms with Crippen molar-refractivity contribution in [1.29, 1.82) is 0 Å².